The first-order valence-corrected chi connectivity index (χ1v) is 14.9. The molecular weight excluding hydrogens is 530 g/mol. The third-order valence-electron chi connectivity index (χ3n) is 8.30. The summed E-state index contributed by atoms with van der Waals surface area (Å²) in [7, 11) is 0. The highest BCUT2D eigenvalue weighted by atomic mass is 16.5. The van der Waals surface area contributed by atoms with Crippen LogP contribution < -0.4 is 14.5 Å². The predicted molar refractivity (Wildman–Crippen MR) is 177 cm³/mol. The predicted octanol–water partition coefficient (Wildman–Crippen LogP) is 9.38. The molecule has 0 amide bonds. The Kier molecular flexibility index (Phi) is 6.20. The van der Waals surface area contributed by atoms with Gasteiger partial charge in [-0.15, -0.1) is 0 Å². The van der Waals surface area contributed by atoms with E-state index < -0.39 is 0 Å². The maximum Gasteiger partial charge on any atom is 0.137 e. The number of rotatable bonds is 4. The van der Waals surface area contributed by atoms with Gasteiger partial charge in [0.2, 0.25) is 0 Å². The lowest BCUT2D eigenvalue weighted by Crippen LogP contribution is -2.42. The van der Waals surface area contributed by atoms with Gasteiger partial charge in [-0.3, -0.25) is 9.55 Å². The molecule has 6 heteroatoms. The van der Waals surface area contributed by atoms with Crippen LogP contribution in [0.2, 0.25) is 0 Å². The van der Waals surface area contributed by atoms with E-state index in [1.807, 2.05) is 24.7 Å². The standard InChI is InChI=1S/C37H37N5O/c1-36(2,3)25-16-19-39-35(20-25)42-31-13-8-7-12-29(31)30-15-14-28(22-33(30)42)43-27-11-9-10-26(21-27)40-24-41(37(4,5)6)32-17-18-38-23-34(32)40/h7-23H,24H2,1-6H3. The van der Waals surface area contributed by atoms with E-state index in [4.69, 9.17) is 9.72 Å². The second-order valence-corrected chi connectivity index (χ2v) is 13.3. The number of pyridine rings is 2. The molecule has 3 aromatic carbocycles. The first kappa shape index (κ1) is 27.0. The summed E-state index contributed by atoms with van der Waals surface area (Å²) in [5.74, 6) is 2.47. The Morgan fingerprint density at radius 2 is 1.49 bits per heavy atom. The molecule has 0 spiro atoms. The number of hydrogen-bond acceptors (Lipinski definition) is 5. The fourth-order valence-corrected chi connectivity index (χ4v) is 6.02. The summed E-state index contributed by atoms with van der Waals surface area (Å²) in [6.45, 7) is 14.2. The molecule has 6 aromatic rings. The molecular formula is C37H37N5O. The van der Waals surface area contributed by atoms with Crippen LogP contribution in [0.15, 0.2) is 104 Å². The van der Waals surface area contributed by atoms with Gasteiger partial charge in [-0.05, 0) is 80.3 Å². The van der Waals surface area contributed by atoms with Crippen LogP contribution in [0, 0.1) is 0 Å². The molecule has 1 aliphatic heterocycles. The Balaban J connectivity index is 1.28. The highest BCUT2D eigenvalue weighted by Crippen LogP contribution is 2.44. The maximum atomic E-state index is 6.54. The van der Waals surface area contributed by atoms with Crippen molar-refractivity contribution in [1.29, 1.82) is 0 Å². The van der Waals surface area contributed by atoms with E-state index >= 15 is 0 Å². The van der Waals surface area contributed by atoms with Crippen LogP contribution in [0.1, 0.15) is 47.1 Å². The average molecular weight is 568 g/mol. The van der Waals surface area contributed by atoms with Gasteiger partial charge in [0, 0.05) is 46.5 Å². The number of fused-ring (bicyclic) bond motifs is 4. The topological polar surface area (TPSA) is 46.4 Å². The van der Waals surface area contributed by atoms with Gasteiger partial charge in [0.1, 0.15) is 17.3 Å². The van der Waals surface area contributed by atoms with Crippen molar-refractivity contribution >= 4 is 38.9 Å². The van der Waals surface area contributed by atoms with Crippen molar-refractivity contribution in [2.75, 3.05) is 16.5 Å². The molecule has 0 atom stereocenters. The van der Waals surface area contributed by atoms with E-state index in [0.29, 0.717) is 0 Å². The lowest BCUT2D eigenvalue weighted by atomic mass is 9.88. The Labute approximate surface area is 253 Å². The highest BCUT2D eigenvalue weighted by Gasteiger charge is 2.33. The van der Waals surface area contributed by atoms with Crippen molar-refractivity contribution in [3.05, 3.63) is 109 Å². The number of hydrogen-bond donors (Lipinski definition) is 0. The largest absolute Gasteiger partial charge is 0.457 e. The van der Waals surface area contributed by atoms with Crippen molar-refractivity contribution in [2.24, 2.45) is 0 Å². The molecule has 43 heavy (non-hydrogen) atoms. The van der Waals surface area contributed by atoms with Crippen molar-refractivity contribution in [3.8, 4) is 17.3 Å². The summed E-state index contributed by atoms with van der Waals surface area (Å²) in [5.41, 5.74) is 6.79. The SMILES string of the molecule is CC(C)(C)c1ccnc(-n2c3ccccc3c3ccc(Oc4cccc(N5CN(C(C)(C)C)c6ccncc65)c4)cc32)c1. The van der Waals surface area contributed by atoms with Crippen molar-refractivity contribution < 1.29 is 4.74 Å². The molecule has 0 fully saturated rings. The van der Waals surface area contributed by atoms with Crippen molar-refractivity contribution in [1.82, 2.24) is 14.5 Å². The van der Waals surface area contributed by atoms with E-state index in [0.717, 1.165) is 46.4 Å². The van der Waals surface area contributed by atoms with Crippen LogP contribution in [0.25, 0.3) is 27.6 Å². The summed E-state index contributed by atoms with van der Waals surface area (Å²) >= 11 is 0. The molecule has 1 aliphatic rings. The van der Waals surface area contributed by atoms with Crippen LogP contribution in [-0.2, 0) is 5.41 Å². The molecule has 0 unspecified atom stereocenters. The number of aromatic nitrogens is 3. The van der Waals surface area contributed by atoms with E-state index in [1.54, 1.807) is 0 Å². The molecule has 0 saturated carbocycles. The molecule has 3 aromatic heterocycles. The molecule has 0 saturated heterocycles. The summed E-state index contributed by atoms with van der Waals surface area (Å²) < 4.78 is 8.79. The second kappa shape index (κ2) is 9.87. The number of anilines is 3. The van der Waals surface area contributed by atoms with Crippen molar-refractivity contribution in [2.45, 2.75) is 52.5 Å². The first-order chi connectivity index (χ1) is 20.6. The molecule has 0 N–H and O–H groups in total. The van der Waals surface area contributed by atoms with Gasteiger partial charge in [-0.2, -0.15) is 0 Å². The Hall–Kier alpha value is -4.84. The molecule has 216 valence electrons. The fraction of sp³-hybridized carbons (Fsp3) is 0.243. The van der Waals surface area contributed by atoms with E-state index in [1.165, 1.54) is 22.0 Å². The average Bonchev–Trinajstić information content (AvgIpc) is 3.53. The Morgan fingerprint density at radius 3 is 2.30 bits per heavy atom. The second-order valence-electron chi connectivity index (χ2n) is 13.3. The zero-order valence-electron chi connectivity index (χ0n) is 25.7. The smallest absolute Gasteiger partial charge is 0.137 e. The summed E-state index contributed by atoms with van der Waals surface area (Å²) in [6.07, 6.45) is 5.73. The molecule has 0 radical (unpaired) electrons. The summed E-state index contributed by atoms with van der Waals surface area (Å²) in [4.78, 5) is 14.0. The monoisotopic (exact) mass is 567 g/mol. The molecule has 7 rings (SSSR count). The molecule has 0 bridgehead atoms. The van der Waals surface area contributed by atoms with E-state index in [-0.39, 0.29) is 11.0 Å². The van der Waals surface area contributed by atoms with E-state index in [2.05, 4.69) is 140 Å². The van der Waals surface area contributed by atoms with Crippen molar-refractivity contribution in [3.63, 3.8) is 0 Å². The maximum absolute atomic E-state index is 6.54. The summed E-state index contributed by atoms with van der Waals surface area (Å²) in [5, 5.41) is 2.36. The zero-order chi connectivity index (χ0) is 29.9. The molecule has 4 heterocycles. The first-order valence-electron chi connectivity index (χ1n) is 14.9. The van der Waals surface area contributed by atoms with Crippen LogP contribution in [0.3, 0.4) is 0 Å². The molecule has 0 aliphatic carbocycles. The minimum Gasteiger partial charge on any atom is -0.457 e. The van der Waals surface area contributed by atoms with Gasteiger partial charge in [0.15, 0.2) is 0 Å². The molecule has 6 nitrogen and oxygen atoms in total. The highest BCUT2D eigenvalue weighted by molar-refractivity contribution is 6.09. The lowest BCUT2D eigenvalue weighted by Gasteiger charge is -2.34. The van der Waals surface area contributed by atoms with Crippen LogP contribution in [0.5, 0.6) is 11.5 Å². The fourth-order valence-electron chi connectivity index (χ4n) is 6.02. The van der Waals surface area contributed by atoms with Gasteiger partial charge in [0.25, 0.3) is 0 Å². The van der Waals surface area contributed by atoms with Gasteiger partial charge in [-0.25, -0.2) is 4.98 Å². The van der Waals surface area contributed by atoms with Gasteiger partial charge in [-0.1, -0.05) is 45.0 Å². The Bertz CT molecular complexity index is 1980. The zero-order valence-corrected chi connectivity index (χ0v) is 25.7. The van der Waals surface area contributed by atoms with E-state index in [9.17, 15) is 0 Å². The minimum atomic E-state index is -0.0198. The normalized spacial score (nSPS) is 13.6. The number of benzene rings is 3. The van der Waals surface area contributed by atoms with Gasteiger partial charge in [0.05, 0.1) is 35.3 Å². The third-order valence-corrected chi connectivity index (χ3v) is 8.30. The minimum absolute atomic E-state index is 0.0194. The summed E-state index contributed by atoms with van der Waals surface area (Å²) in [6, 6.07) is 29.6. The van der Waals surface area contributed by atoms with Gasteiger partial charge >= 0.3 is 0 Å². The van der Waals surface area contributed by atoms with Crippen LogP contribution >= 0.6 is 0 Å². The third kappa shape index (κ3) is 4.77. The number of para-hydroxylation sites is 1. The van der Waals surface area contributed by atoms with Crippen LogP contribution in [-0.4, -0.2) is 26.7 Å². The number of nitrogens with zero attached hydrogens (tertiary/aromatic N) is 5. The quantitative estimate of drug-likeness (QED) is 0.212. The van der Waals surface area contributed by atoms with Gasteiger partial charge < -0.3 is 14.5 Å². The lowest BCUT2D eigenvalue weighted by molar-refractivity contribution is 0.483. The van der Waals surface area contributed by atoms with Crippen LogP contribution in [0.4, 0.5) is 17.1 Å². The number of ether oxygens (including phenoxy) is 1. The Morgan fingerprint density at radius 1 is 0.698 bits per heavy atom.